The summed E-state index contributed by atoms with van der Waals surface area (Å²) in [6.45, 7) is 28.6. The number of fused-ring (bicyclic) bond motifs is 7. The minimum atomic E-state index is -4.75. The van der Waals surface area contributed by atoms with Gasteiger partial charge in [-0.2, -0.15) is 26.3 Å². The van der Waals surface area contributed by atoms with E-state index in [4.69, 9.17) is 0 Å². The Morgan fingerprint density at radius 3 is 1.30 bits per heavy atom. The molecule has 0 unspecified atom stereocenters. The fourth-order valence-corrected chi connectivity index (χ4v) is 12.5. The Balaban J connectivity index is 1.17. The minimum Gasteiger partial charge on any atom is -0.311 e. The number of halogens is 6. The molecule has 10 aromatic rings. The summed E-state index contributed by atoms with van der Waals surface area (Å²) in [5.41, 5.74) is 16.2. The molecule has 0 N–H and O–H groups in total. The predicted octanol–water partition coefficient (Wildman–Crippen LogP) is 19.7. The van der Waals surface area contributed by atoms with E-state index < -0.39 is 23.5 Å². The van der Waals surface area contributed by atoms with Gasteiger partial charge in [0.1, 0.15) is 0 Å². The molecule has 0 fully saturated rings. The maximum atomic E-state index is 14.7. The van der Waals surface area contributed by atoms with Crippen LogP contribution in [-0.4, -0.2) is 11.3 Å². The molecule has 2 aliphatic rings. The van der Waals surface area contributed by atoms with Crippen LogP contribution in [0.25, 0.3) is 49.7 Å². The van der Waals surface area contributed by atoms with E-state index in [-0.39, 0.29) is 45.1 Å². The van der Waals surface area contributed by atoms with Gasteiger partial charge in [0, 0.05) is 50.5 Å². The molecule has 83 heavy (non-hydrogen) atoms. The molecular formula is C73H68BF6N3. The van der Waals surface area contributed by atoms with Crippen molar-refractivity contribution in [2.45, 2.75) is 124 Å². The highest BCUT2D eigenvalue weighted by atomic mass is 19.4. The third-order valence-electron chi connectivity index (χ3n) is 17.0. The molecule has 0 radical (unpaired) electrons. The third kappa shape index (κ3) is 9.69. The summed E-state index contributed by atoms with van der Waals surface area (Å²) < 4.78 is 89.2. The summed E-state index contributed by atoms with van der Waals surface area (Å²) in [4.78, 5) is 4.95. The summed E-state index contributed by atoms with van der Waals surface area (Å²) >= 11 is 0. The summed E-state index contributed by atoms with van der Waals surface area (Å²) in [5.74, 6) is 0. The van der Waals surface area contributed by atoms with Crippen LogP contribution in [0, 0.1) is 6.92 Å². The lowest BCUT2D eigenvalue weighted by atomic mass is 9.33. The lowest BCUT2D eigenvalue weighted by Crippen LogP contribution is -2.61. The monoisotopic (exact) mass is 1110 g/mol. The molecule has 0 saturated heterocycles. The van der Waals surface area contributed by atoms with E-state index in [1.165, 1.54) is 57.7 Å². The van der Waals surface area contributed by atoms with Crippen LogP contribution in [0.4, 0.5) is 60.5 Å². The van der Waals surface area contributed by atoms with Crippen molar-refractivity contribution in [3.05, 3.63) is 215 Å². The Morgan fingerprint density at radius 2 is 0.807 bits per heavy atom. The number of hydrogen-bond donors (Lipinski definition) is 0. The molecule has 0 amide bonds. The van der Waals surface area contributed by atoms with Gasteiger partial charge in [-0.15, -0.1) is 0 Å². The van der Waals surface area contributed by atoms with Crippen LogP contribution in [0.1, 0.15) is 122 Å². The average molecular weight is 1110 g/mol. The van der Waals surface area contributed by atoms with Crippen LogP contribution in [0.2, 0.25) is 0 Å². The standard InChI is InChI=1S/C73H68BF6N3/c1-43-30-46(32-52(31-43)73(78,79)80)56-42-47(72(75,76)77)27-29-61(56)83-60-23-17-14-20-55(60)57-33-44(26-28-62(57)83)45-34-65-67-66(35-45)82(54-40-50(70(8,9)10)37-51(41-54)71(11,12)13)64-25-19-16-22-59(64)74(67)58-21-15-18-24-63(58)81(65)53-38-48(68(2,3)4)36-49(39-53)69(5,6)7/h14-42H,1-13H3. The van der Waals surface area contributed by atoms with Crippen LogP contribution in [0.15, 0.2) is 176 Å². The van der Waals surface area contributed by atoms with E-state index in [1.54, 1.807) is 0 Å². The first-order valence-corrected chi connectivity index (χ1v) is 28.6. The molecule has 1 aromatic heterocycles. The van der Waals surface area contributed by atoms with E-state index >= 15 is 0 Å². The molecule has 0 spiro atoms. The molecule has 3 heterocycles. The highest BCUT2D eigenvalue weighted by Crippen LogP contribution is 2.50. The zero-order valence-electron chi connectivity index (χ0n) is 49.4. The number of hydrogen-bond acceptors (Lipinski definition) is 2. The molecule has 420 valence electrons. The van der Waals surface area contributed by atoms with Crippen molar-refractivity contribution >= 4 is 79.0 Å². The van der Waals surface area contributed by atoms with Gasteiger partial charge >= 0.3 is 12.4 Å². The largest absolute Gasteiger partial charge is 0.416 e. The quantitative estimate of drug-likeness (QED) is 0.126. The number of benzene rings is 9. The fraction of sp³-hybridized carbons (Fsp3) is 0.260. The number of para-hydroxylation sites is 3. The van der Waals surface area contributed by atoms with Gasteiger partial charge in [-0.3, -0.25) is 0 Å². The molecule has 9 aromatic carbocycles. The Labute approximate surface area is 484 Å². The van der Waals surface area contributed by atoms with Gasteiger partial charge in [0.2, 0.25) is 0 Å². The molecule has 10 heteroatoms. The normalized spacial score (nSPS) is 13.9. The van der Waals surface area contributed by atoms with Crippen molar-refractivity contribution in [1.82, 2.24) is 4.57 Å². The summed E-state index contributed by atoms with van der Waals surface area (Å²) in [7, 11) is 0. The number of aromatic nitrogens is 1. The predicted molar refractivity (Wildman–Crippen MR) is 335 cm³/mol. The van der Waals surface area contributed by atoms with Gasteiger partial charge in [-0.05, 0) is 187 Å². The highest BCUT2D eigenvalue weighted by molar-refractivity contribution is 7.00. The number of nitrogens with zero attached hydrogens (tertiary/aromatic N) is 3. The fourth-order valence-electron chi connectivity index (χ4n) is 12.5. The van der Waals surface area contributed by atoms with Crippen molar-refractivity contribution in [2.24, 2.45) is 0 Å². The lowest BCUT2D eigenvalue weighted by molar-refractivity contribution is -0.138. The second-order valence-corrected chi connectivity index (χ2v) is 27.1. The van der Waals surface area contributed by atoms with E-state index in [1.807, 2.05) is 34.9 Å². The first-order valence-electron chi connectivity index (χ1n) is 28.6. The van der Waals surface area contributed by atoms with Gasteiger partial charge < -0.3 is 14.4 Å². The lowest BCUT2D eigenvalue weighted by Gasteiger charge is -2.45. The van der Waals surface area contributed by atoms with Gasteiger partial charge in [-0.1, -0.05) is 162 Å². The van der Waals surface area contributed by atoms with Crippen molar-refractivity contribution in [2.75, 3.05) is 9.80 Å². The van der Waals surface area contributed by atoms with Gasteiger partial charge in [-0.25, -0.2) is 0 Å². The Morgan fingerprint density at radius 1 is 0.337 bits per heavy atom. The molecule has 12 rings (SSSR count). The Hall–Kier alpha value is -7.98. The average Bonchev–Trinajstić information content (AvgIpc) is 0.958. The van der Waals surface area contributed by atoms with Crippen LogP contribution in [-0.2, 0) is 34.0 Å². The summed E-state index contributed by atoms with van der Waals surface area (Å²) in [6.07, 6.45) is -9.47. The molecule has 0 aliphatic carbocycles. The number of rotatable bonds is 5. The summed E-state index contributed by atoms with van der Waals surface area (Å²) in [6, 6.07) is 57.3. The molecule has 0 bridgehead atoms. The van der Waals surface area contributed by atoms with E-state index in [0.717, 1.165) is 80.3 Å². The highest BCUT2D eigenvalue weighted by Gasteiger charge is 2.44. The minimum absolute atomic E-state index is 0.0279. The zero-order valence-corrected chi connectivity index (χ0v) is 49.4. The second-order valence-electron chi connectivity index (χ2n) is 27.1. The SMILES string of the molecule is Cc1cc(-c2cc(C(F)(F)F)ccc2-n2c3ccccc3c3cc(-c4cc5c6c(c4)N(c4cc(C(C)(C)C)cc(C(C)(C)C)c4)c4ccccc4B6c4ccccc4N5c4cc(C(C)(C)C)cc(C(C)(C)C)c4)ccc32)cc(C(F)(F)F)c1. The maximum Gasteiger partial charge on any atom is 0.416 e. The first kappa shape index (κ1) is 55.6. The maximum absolute atomic E-state index is 14.7. The first-order chi connectivity index (χ1) is 38.8. The number of alkyl halides is 6. The third-order valence-corrected chi connectivity index (χ3v) is 17.0. The van der Waals surface area contributed by atoms with Gasteiger partial charge in [0.15, 0.2) is 0 Å². The molecule has 0 saturated carbocycles. The van der Waals surface area contributed by atoms with Crippen LogP contribution < -0.4 is 26.2 Å². The van der Waals surface area contributed by atoms with Crippen molar-refractivity contribution in [1.29, 1.82) is 0 Å². The summed E-state index contributed by atoms with van der Waals surface area (Å²) in [5, 5.41) is 1.67. The topological polar surface area (TPSA) is 11.4 Å². The van der Waals surface area contributed by atoms with Crippen LogP contribution >= 0.6 is 0 Å². The second kappa shape index (κ2) is 19.0. The van der Waals surface area contributed by atoms with Gasteiger partial charge in [0.25, 0.3) is 6.71 Å². The number of aryl methyl sites for hydroxylation is 1. The van der Waals surface area contributed by atoms with Crippen molar-refractivity contribution < 1.29 is 26.3 Å². The molecular weight excluding hydrogens is 1040 g/mol. The molecule has 0 atom stereocenters. The van der Waals surface area contributed by atoms with Gasteiger partial charge in [0.05, 0.1) is 27.8 Å². The van der Waals surface area contributed by atoms with Crippen LogP contribution in [0.5, 0.6) is 0 Å². The van der Waals surface area contributed by atoms with Crippen molar-refractivity contribution in [3.8, 4) is 27.9 Å². The molecule has 3 nitrogen and oxygen atoms in total. The van der Waals surface area contributed by atoms with Crippen molar-refractivity contribution in [3.63, 3.8) is 0 Å². The Bertz CT molecular complexity index is 4050. The molecule has 2 aliphatic heterocycles. The van der Waals surface area contributed by atoms with E-state index in [0.29, 0.717) is 16.7 Å². The van der Waals surface area contributed by atoms with E-state index in [9.17, 15) is 26.3 Å². The smallest absolute Gasteiger partial charge is 0.311 e. The van der Waals surface area contributed by atoms with Crippen LogP contribution in [0.3, 0.4) is 0 Å². The van der Waals surface area contributed by atoms with E-state index in [2.05, 4.69) is 202 Å². The zero-order chi connectivity index (χ0) is 59.2. The Kier molecular flexibility index (Phi) is 12.7. The number of anilines is 6.